The highest BCUT2D eigenvalue weighted by Crippen LogP contribution is 2.26. The average molecular weight is 474 g/mol. The summed E-state index contributed by atoms with van der Waals surface area (Å²) in [6, 6.07) is 14.7. The molecule has 0 saturated carbocycles. The van der Waals surface area contributed by atoms with Crippen LogP contribution >= 0.6 is 0 Å². The molecule has 2 heterocycles. The third kappa shape index (κ3) is 5.38. The molecule has 2 aromatic carbocycles. The van der Waals surface area contributed by atoms with Crippen LogP contribution < -0.4 is 14.4 Å². The second-order valence-electron chi connectivity index (χ2n) is 8.01. The zero-order valence-electron chi connectivity index (χ0n) is 18.7. The Morgan fingerprint density at radius 2 is 1.82 bits per heavy atom. The molecule has 176 valence electrons. The summed E-state index contributed by atoms with van der Waals surface area (Å²) >= 11 is 0. The minimum atomic E-state index is -3.71. The Bertz CT molecular complexity index is 1160. The largest absolute Gasteiger partial charge is 0.496 e. The van der Waals surface area contributed by atoms with Gasteiger partial charge in [0.25, 0.3) is 0 Å². The highest BCUT2D eigenvalue weighted by atomic mass is 32.2. The van der Waals surface area contributed by atoms with E-state index in [2.05, 4.69) is 14.5 Å². The van der Waals surface area contributed by atoms with Gasteiger partial charge in [-0.3, -0.25) is 4.90 Å². The summed E-state index contributed by atoms with van der Waals surface area (Å²) in [5.74, 6) is 1.09. The van der Waals surface area contributed by atoms with Crippen molar-refractivity contribution in [2.75, 3.05) is 44.7 Å². The SMILES string of the molecule is COc1ccc(S(=O)(=O)NC[C@H](c2ccco2)N2CCN(c3ccc(F)cc3)CC2)cc1C. The fourth-order valence-corrected chi connectivity index (χ4v) is 5.25. The lowest BCUT2D eigenvalue weighted by Crippen LogP contribution is -2.49. The van der Waals surface area contributed by atoms with Crippen LogP contribution in [0.3, 0.4) is 0 Å². The van der Waals surface area contributed by atoms with Crippen LogP contribution in [0.25, 0.3) is 0 Å². The molecule has 9 heteroatoms. The summed E-state index contributed by atoms with van der Waals surface area (Å²) in [6.45, 7) is 4.90. The number of sulfonamides is 1. The van der Waals surface area contributed by atoms with Crippen LogP contribution in [0.5, 0.6) is 5.75 Å². The standard InChI is InChI=1S/C24H28FN3O4S/c1-18-16-21(9-10-23(18)31-2)33(29,30)26-17-22(24-4-3-15-32-24)28-13-11-27(12-14-28)20-7-5-19(25)6-8-20/h3-10,15-16,22,26H,11-14,17H2,1-2H3/t22-/m1/s1. The van der Waals surface area contributed by atoms with Crippen molar-refractivity contribution in [2.45, 2.75) is 17.9 Å². The van der Waals surface area contributed by atoms with Crippen molar-refractivity contribution in [3.05, 3.63) is 78.0 Å². The molecule has 0 aliphatic carbocycles. The number of benzene rings is 2. The first-order chi connectivity index (χ1) is 15.9. The van der Waals surface area contributed by atoms with Gasteiger partial charge in [-0.15, -0.1) is 0 Å². The minimum Gasteiger partial charge on any atom is -0.496 e. The number of nitrogens with one attached hydrogen (secondary N) is 1. The molecule has 3 aromatic rings. The van der Waals surface area contributed by atoms with Gasteiger partial charge < -0.3 is 14.1 Å². The number of nitrogens with zero attached hydrogens (tertiary/aromatic N) is 2. The average Bonchev–Trinajstić information content (AvgIpc) is 3.35. The number of anilines is 1. The quantitative estimate of drug-likeness (QED) is 0.539. The number of methoxy groups -OCH3 is 1. The van der Waals surface area contributed by atoms with Gasteiger partial charge in [-0.05, 0) is 67.1 Å². The van der Waals surface area contributed by atoms with E-state index < -0.39 is 10.0 Å². The van der Waals surface area contributed by atoms with E-state index in [0.29, 0.717) is 24.6 Å². The molecule has 4 rings (SSSR count). The van der Waals surface area contributed by atoms with Crippen LogP contribution in [-0.2, 0) is 10.0 Å². The fraction of sp³-hybridized carbons (Fsp3) is 0.333. The molecule has 7 nitrogen and oxygen atoms in total. The molecule has 0 amide bonds. The maximum Gasteiger partial charge on any atom is 0.240 e. The molecule has 1 aliphatic heterocycles. The van der Waals surface area contributed by atoms with Crippen LogP contribution in [-0.4, -0.2) is 53.2 Å². The molecule has 0 radical (unpaired) electrons. The molecule has 0 spiro atoms. The first-order valence-electron chi connectivity index (χ1n) is 10.8. The van der Waals surface area contributed by atoms with Crippen molar-refractivity contribution in [3.8, 4) is 5.75 Å². The van der Waals surface area contributed by atoms with E-state index in [1.165, 1.54) is 18.2 Å². The molecule has 1 aliphatic rings. The normalized spacial score (nSPS) is 16.0. The Kier molecular flexibility index (Phi) is 7.02. The first kappa shape index (κ1) is 23.3. The van der Waals surface area contributed by atoms with Gasteiger partial charge in [0.05, 0.1) is 24.3 Å². The fourth-order valence-electron chi connectivity index (χ4n) is 4.12. The second kappa shape index (κ2) is 9.94. The topological polar surface area (TPSA) is 75.0 Å². The smallest absolute Gasteiger partial charge is 0.240 e. The van der Waals surface area contributed by atoms with Gasteiger partial charge in [0, 0.05) is 38.4 Å². The van der Waals surface area contributed by atoms with Crippen LogP contribution in [0.15, 0.2) is 70.2 Å². The van der Waals surface area contributed by atoms with E-state index in [1.54, 1.807) is 43.7 Å². The number of aryl methyl sites for hydroxylation is 1. The maximum atomic E-state index is 13.2. The number of rotatable bonds is 8. The number of ether oxygens (including phenoxy) is 1. The third-order valence-corrected chi connectivity index (χ3v) is 7.38. The number of halogens is 1. The van der Waals surface area contributed by atoms with Gasteiger partial charge in [-0.1, -0.05) is 0 Å². The van der Waals surface area contributed by atoms with E-state index >= 15 is 0 Å². The highest BCUT2D eigenvalue weighted by molar-refractivity contribution is 7.89. The van der Waals surface area contributed by atoms with Gasteiger partial charge in [0.1, 0.15) is 17.3 Å². The van der Waals surface area contributed by atoms with Crippen molar-refractivity contribution in [1.29, 1.82) is 0 Å². The molecule has 0 unspecified atom stereocenters. The number of piperazine rings is 1. The van der Waals surface area contributed by atoms with E-state index in [4.69, 9.17) is 9.15 Å². The van der Waals surface area contributed by atoms with E-state index in [-0.39, 0.29) is 23.3 Å². The lowest BCUT2D eigenvalue weighted by Gasteiger charge is -2.39. The third-order valence-electron chi connectivity index (χ3n) is 5.96. The number of furan rings is 1. The zero-order chi connectivity index (χ0) is 23.4. The summed E-state index contributed by atoms with van der Waals surface area (Å²) in [6.07, 6.45) is 1.60. The van der Waals surface area contributed by atoms with Crippen LogP contribution in [0.1, 0.15) is 17.4 Å². The number of hydrogen-bond donors (Lipinski definition) is 1. The van der Waals surface area contributed by atoms with Crippen molar-refractivity contribution < 1.29 is 22.0 Å². The van der Waals surface area contributed by atoms with Crippen molar-refractivity contribution in [1.82, 2.24) is 9.62 Å². The monoisotopic (exact) mass is 473 g/mol. The molecule has 0 bridgehead atoms. The van der Waals surface area contributed by atoms with Gasteiger partial charge in [-0.2, -0.15) is 0 Å². The van der Waals surface area contributed by atoms with Gasteiger partial charge >= 0.3 is 0 Å². The summed E-state index contributed by atoms with van der Waals surface area (Å²) in [4.78, 5) is 4.60. The zero-order valence-corrected chi connectivity index (χ0v) is 19.5. The summed E-state index contributed by atoms with van der Waals surface area (Å²) in [5.41, 5.74) is 1.72. The van der Waals surface area contributed by atoms with Crippen LogP contribution in [0, 0.1) is 12.7 Å². The van der Waals surface area contributed by atoms with Gasteiger partial charge in [0.15, 0.2) is 0 Å². The Hall–Kier alpha value is -2.88. The Morgan fingerprint density at radius 3 is 2.42 bits per heavy atom. The Morgan fingerprint density at radius 1 is 1.09 bits per heavy atom. The summed E-state index contributed by atoms with van der Waals surface area (Å²) < 4.78 is 52.8. The number of hydrogen-bond acceptors (Lipinski definition) is 6. The molecule has 1 aromatic heterocycles. The molecule has 1 N–H and O–H groups in total. The second-order valence-corrected chi connectivity index (χ2v) is 9.78. The summed E-state index contributed by atoms with van der Waals surface area (Å²) in [7, 11) is -2.16. The Labute approximate surface area is 193 Å². The van der Waals surface area contributed by atoms with E-state index in [1.807, 2.05) is 13.0 Å². The van der Waals surface area contributed by atoms with E-state index in [0.717, 1.165) is 24.3 Å². The molecular formula is C24H28FN3O4S. The minimum absolute atomic E-state index is 0.178. The first-order valence-corrected chi connectivity index (χ1v) is 12.3. The van der Waals surface area contributed by atoms with Crippen molar-refractivity contribution >= 4 is 15.7 Å². The van der Waals surface area contributed by atoms with Gasteiger partial charge in [-0.25, -0.2) is 17.5 Å². The summed E-state index contributed by atoms with van der Waals surface area (Å²) in [5, 5.41) is 0. The molecule has 1 saturated heterocycles. The molecular weight excluding hydrogens is 445 g/mol. The lowest BCUT2D eigenvalue weighted by atomic mass is 10.1. The van der Waals surface area contributed by atoms with Crippen molar-refractivity contribution in [2.24, 2.45) is 0 Å². The Balaban J connectivity index is 1.45. The van der Waals surface area contributed by atoms with Crippen molar-refractivity contribution in [3.63, 3.8) is 0 Å². The highest BCUT2D eigenvalue weighted by Gasteiger charge is 2.29. The maximum absolute atomic E-state index is 13.2. The molecule has 1 atom stereocenters. The van der Waals surface area contributed by atoms with E-state index in [9.17, 15) is 12.8 Å². The van der Waals surface area contributed by atoms with Crippen LogP contribution in [0.2, 0.25) is 0 Å². The molecule has 33 heavy (non-hydrogen) atoms. The van der Waals surface area contributed by atoms with Crippen LogP contribution in [0.4, 0.5) is 10.1 Å². The predicted octanol–water partition coefficient (Wildman–Crippen LogP) is 3.58. The van der Waals surface area contributed by atoms with Gasteiger partial charge in [0.2, 0.25) is 10.0 Å². The molecule has 1 fully saturated rings. The lowest BCUT2D eigenvalue weighted by molar-refractivity contribution is 0.166. The predicted molar refractivity (Wildman–Crippen MR) is 125 cm³/mol.